The fourth-order valence-corrected chi connectivity index (χ4v) is 3.82. The summed E-state index contributed by atoms with van der Waals surface area (Å²) < 4.78 is 0. The van der Waals surface area contributed by atoms with Gasteiger partial charge in [-0.25, -0.2) is 4.99 Å². The number of carbonyl (C=O) groups is 1. The molecule has 0 aromatic heterocycles. The molecule has 0 aliphatic carbocycles. The number of carbonyl (C=O) groups excluding carboxylic acids is 1. The lowest BCUT2D eigenvalue weighted by Gasteiger charge is -2.21. The molecule has 1 amide bonds. The number of nitrogens with one attached hydrogen (secondary N) is 1. The molecule has 5 nitrogen and oxygen atoms in total. The van der Waals surface area contributed by atoms with E-state index in [1.165, 1.54) is 17.3 Å². The highest BCUT2D eigenvalue weighted by molar-refractivity contribution is 8.18. The summed E-state index contributed by atoms with van der Waals surface area (Å²) in [7, 11) is 0. The Morgan fingerprint density at radius 2 is 1.82 bits per heavy atom. The molecule has 1 heterocycles. The molecule has 1 fully saturated rings. The van der Waals surface area contributed by atoms with Crippen molar-refractivity contribution in [3.8, 4) is 5.75 Å². The summed E-state index contributed by atoms with van der Waals surface area (Å²) in [6, 6.07) is 13.5. The summed E-state index contributed by atoms with van der Waals surface area (Å²) in [5.41, 5.74) is 3.62. The van der Waals surface area contributed by atoms with Gasteiger partial charge in [0.2, 0.25) is 0 Å². The number of aryl methyl sites for hydroxylation is 1. The van der Waals surface area contributed by atoms with Crippen LogP contribution in [0.1, 0.15) is 31.9 Å². The monoisotopic (exact) mass is 395 g/mol. The second-order valence-electron chi connectivity index (χ2n) is 6.42. The Hall–Kier alpha value is -2.73. The maximum absolute atomic E-state index is 12.3. The van der Waals surface area contributed by atoms with Gasteiger partial charge in [0.05, 0.1) is 10.6 Å². The van der Waals surface area contributed by atoms with E-state index in [2.05, 4.69) is 36.0 Å². The first-order valence-electron chi connectivity index (χ1n) is 9.50. The molecule has 2 aromatic rings. The second-order valence-corrected chi connectivity index (χ2v) is 7.45. The van der Waals surface area contributed by atoms with E-state index >= 15 is 0 Å². The molecule has 0 bridgehead atoms. The SMILES string of the molecule is CCc1ccc(N=C2NC(=O)/C(=C/c3ccc(N(CC)CC)cc3O)S2)cc1. The van der Waals surface area contributed by atoms with Crippen molar-refractivity contribution in [2.75, 3.05) is 18.0 Å². The predicted molar refractivity (Wildman–Crippen MR) is 118 cm³/mol. The summed E-state index contributed by atoms with van der Waals surface area (Å²) >= 11 is 1.28. The topological polar surface area (TPSA) is 64.9 Å². The predicted octanol–water partition coefficient (Wildman–Crippen LogP) is 4.69. The quantitative estimate of drug-likeness (QED) is 0.696. The number of rotatable bonds is 6. The molecule has 0 unspecified atom stereocenters. The number of phenols is 1. The van der Waals surface area contributed by atoms with Gasteiger partial charge in [0.25, 0.3) is 5.91 Å². The maximum atomic E-state index is 12.3. The molecule has 6 heteroatoms. The number of nitrogens with zero attached hydrogens (tertiary/aromatic N) is 2. The van der Waals surface area contributed by atoms with Crippen molar-refractivity contribution in [3.63, 3.8) is 0 Å². The first kappa shape index (κ1) is 20.0. The number of aromatic hydroxyl groups is 1. The van der Waals surface area contributed by atoms with Gasteiger partial charge in [0.1, 0.15) is 5.75 Å². The number of hydrogen-bond donors (Lipinski definition) is 2. The number of anilines is 1. The lowest BCUT2D eigenvalue weighted by molar-refractivity contribution is -0.115. The first-order valence-corrected chi connectivity index (χ1v) is 10.3. The average molecular weight is 396 g/mol. The number of benzene rings is 2. The lowest BCUT2D eigenvalue weighted by Crippen LogP contribution is -2.21. The minimum absolute atomic E-state index is 0.158. The van der Waals surface area contributed by atoms with Crippen LogP contribution in [0.15, 0.2) is 52.4 Å². The number of amidine groups is 1. The van der Waals surface area contributed by atoms with Crippen molar-refractivity contribution in [3.05, 3.63) is 58.5 Å². The van der Waals surface area contributed by atoms with E-state index in [1.807, 2.05) is 36.4 Å². The van der Waals surface area contributed by atoms with Crippen LogP contribution in [0.2, 0.25) is 0 Å². The number of aliphatic imine (C=N–C) groups is 1. The van der Waals surface area contributed by atoms with Gasteiger partial charge in [-0.3, -0.25) is 4.79 Å². The standard InChI is InChI=1S/C22H25N3O2S/c1-4-15-7-10-17(11-8-15)23-22-24-21(27)20(28-22)13-16-9-12-18(14-19(16)26)25(5-2)6-3/h7-14,26H,4-6H2,1-3H3,(H,23,24,27)/b20-13-. The summed E-state index contributed by atoms with van der Waals surface area (Å²) in [6.07, 6.45) is 2.68. The smallest absolute Gasteiger partial charge is 0.264 e. The molecule has 0 atom stereocenters. The van der Waals surface area contributed by atoms with Crippen LogP contribution in [0.3, 0.4) is 0 Å². The van der Waals surface area contributed by atoms with E-state index in [-0.39, 0.29) is 11.7 Å². The molecule has 0 radical (unpaired) electrons. The molecular formula is C22H25N3O2S. The third-order valence-electron chi connectivity index (χ3n) is 4.66. The van der Waals surface area contributed by atoms with Crippen molar-refractivity contribution < 1.29 is 9.90 Å². The molecule has 28 heavy (non-hydrogen) atoms. The zero-order valence-electron chi connectivity index (χ0n) is 16.4. The van der Waals surface area contributed by atoms with E-state index in [4.69, 9.17) is 0 Å². The summed E-state index contributed by atoms with van der Waals surface area (Å²) in [5.74, 6) is -0.0491. The van der Waals surface area contributed by atoms with E-state index < -0.39 is 0 Å². The Kier molecular flexibility index (Phi) is 6.41. The fourth-order valence-electron chi connectivity index (χ4n) is 2.98. The Morgan fingerprint density at radius 1 is 1.11 bits per heavy atom. The molecule has 0 saturated carbocycles. The molecule has 2 N–H and O–H groups in total. The van der Waals surface area contributed by atoms with E-state index in [0.29, 0.717) is 15.6 Å². The number of hydrogen-bond acceptors (Lipinski definition) is 5. The van der Waals surface area contributed by atoms with Gasteiger partial charge in [0, 0.05) is 30.4 Å². The largest absolute Gasteiger partial charge is 0.507 e. The minimum Gasteiger partial charge on any atom is -0.507 e. The maximum Gasteiger partial charge on any atom is 0.264 e. The van der Waals surface area contributed by atoms with Gasteiger partial charge in [-0.05, 0) is 67.9 Å². The fraction of sp³-hybridized carbons (Fsp3) is 0.273. The van der Waals surface area contributed by atoms with Crippen molar-refractivity contribution in [1.82, 2.24) is 5.32 Å². The van der Waals surface area contributed by atoms with Gasteiger partial charge in [-0.1, -0.05) is 19.1 Å². The highest BCUT2D eigenvalue weighted by atomic mass is 32.2. The van der Waals surface area contributed by atoms with E-state index in [9.17, 15) is 9.90 Å². The minimum atomic E-state index is -0.207. The number of thioether (sulfide) groups is 1. The van der Waals surface area contributed by atoms with Crippen molar-refractivity contribution >= 4 is 40.3 Å². The average Bonchev–Trinajstić information content (AvgIpc) is 3.04. The highest BCUT2D eigenvalue weighted by Gasteiger charge is 2.24. The highest BCUT2D eigenvalue weighted by Crippen LogP contribution is 2.32. The molecule has 3 rings (SSSR count). The van der Waals surface area contributed by atoms with Crippen LogP contribution in [-0.4, -0.2) is 29.3 Å². The molecule has 1 saturated heterocycles. The van der Waals surface area contributed by atoms with E-state index in [1.54, 1.807) is 12.1 Å². The van der Waals surface area contributed by atoms with Gasteiger partial charge in [-0.2, -0.15) is 0 Å². The van der Waals surface area contributed by atoms with Crippen LogP contribution in [0.5, 0.6) is 5.75 Å². The molecule has 146 valence electrons. The summed E-state index contributed by atoms with van der Waals surface area (Å²) in [6.45, 7) is 8.00. The van der Waals surface area contributed by atoms with Crippen molar-refractivity contribution in [2.24, 2.45) is 4.99 Å². The van der Waals surface area contributed by atoms with Crippen molar-refractivity contribution in [2.45, 2.75) is 27.2 Å². The van der Waals surface area contributed by atoms with Gasteiger partial charge >= 0.3 is 0 Å². The second kappa shape index (κ2) is 8.97. The van der Waals surface area contributed by atoms with Gasteiger partial charge in [0.15, 0.2) is 5.17 Å². The third-order valence-corrected chi connectivity index (χ3v) is 5.57. The van der Waals surface area contributed by atoms with Crippen molar-refractivity contribution in [1.29, 1.82) is 0 Å². The van der Waals surface area contributed by atoms with Crippen LogP contribution in [0, 0.1) is 0 Å². The number of amides is 1. The Morgan fingerprint density at radius 3 is 2.43 bits per heavy atom. The summed E-state index contributed by atoms with van der Waals surface area (Å²) in [4.78, 5) is 19.4. The zero-order chi connectivity index (χ0) is 20.1. The third kappa shape index (κ3) is 4.57. The van der Waals surface area contributed by atoms with Crippen LogP contribution in [0.25, 0.3) is 6.08 Å². The van der Waals surface area contributed by atoms with Crippen LogP contribution in [-0.2, 0) is 11.2 Å². The van der Waals surface area contributed by atoms with Crippen LogP contribution in [0.4, 0.5) is 11.4 Å². The summed E-state index contributed by atoms with van der Waals surface area (Å²) in [5, 5.41) is 13.7. The lowest BCUT2D eigenvalue weighted by atomic mass is 10.1. The Bertz CT molecular complexity index is 916. The van der Waals surface area contributed by atoms with Gasteiger partial charge in [-0.15, -0.1) is 0 Å². The molecule has 1 aliphatic rings. The first-order chi connectivity index (χ1) is 13.5. The normalized spacial score (nSPS) is 16.6. The molecule has 2 aromatic carbocycles. The molecule has 0 spiro atoms. The Balaban J connectivity index is 1.79. The van der Waals surface area contributed by atoms with Gasteiger partial charge < -0.3 is 15.3 Å². The zero-order valence-corrected chi connectivity index (χ0v) is 17.2. The molecule has 1 aliphatic heterocycles. The Labute approximate surface area is 170 Å². The van der Waals surface area contributed by atoms with E-state index in [0.717, 1.165) is 30.9 Å². The molecular weight excluding hydrogens is 370 g/mol. The van der Waals surface area contributed by atoms with Crippen LogP contribution < -0.4 is 10.2 Å². The number of phenolic OH excluding ortho intramolecular Hbond substituents is 1. The van der Waals surface area contributed by atoms with Crippen LogP contribution >= 0.6 is 11.8 Å².